The average molecular weight is 341 g/mol. The van der Waals surface area contributed by atoms with Crippen LogP contribution in [0.4, 0.5) is 0 Å². The third kappa shape index (κ3) is 3.02. The van der Waals surface area contributed by atoms with Crippen molar-refractivity contribution in [2.45, 2.75) is 26.4 Å². The zero-order chi connectivity index (χ0) is 18.1. The number of benzene rings is 3. The van der Waals surface area contributed by atoms with Gasteiger partial charge in [0.05, 0.1) is 17.1 Å². The first-order chi connectivity index (χ1) is 12.6. The molecule has 0 fully saturated rings. The van der Waals surface area contributed by atoms with E-state index in [2.05, 4.69) is 66.9 Å². The van der Waals surface area contributed by atoms with Crippen LogP contribution >= 0.6 is 0 Å². The third-order valence-electron chi connectivity index (χ3n) is 4.95. The van der Waals surface area contributed by atoms with Crippen LogP contribution in [0.2, 0.25) is 0 Å². The zero-order valence-corrected chi connectivity index (χ0v) is 15.2. The van der Waals surface area contributed by atoms with Crippen LogP contribution < -0.4 is 5.73 Å². The SMILES string of the molecule is Cc1ccc(C)c(Cn2c(C(N)c3ccccc3)nc3ccccc32)c1. The molecule has 130 valence electrons. The van der Waals surface area contributed by atoms with Crippen LogP contribution in [0.25, 0.3) is 11.0 Å². The first kappa shape index (κ1) is 16.6. The van der Waals surface area contributed by atoms with Crippen molar-refractivity contribution in [3.05, 3.63) is 101 Å². The highest BCUT2D eigenvalue weighted by Crippen LogP contribution is 2.26. The highest BCUT2D eigenvalue weighted by molar-refractivity contribution is 5.76. The molecule has 0 aliphatic heterocycles. The summed E-state index contributed by atoms with van der Waals surface area (Å²) in [5.74, 6) is 0.901. The normalized spacial score (nSPS) is 12.4. The lowest BCUT2D eigenvalue weighted by Crippen LogP contribution is -2.18. The summed E-state index contributed by atoms with van der Waals surface area (Å²) in [5, 5.41) is 0. The van der Waals surface area contributed by atoms with Gasteiger partial charge >= 0.3 is 0 Å². The Balaban J connectivity index is 1.86. The van der Waals surface area contributed by atoms with Crippen molar-refractivity contribution in [2.24, 2.45) is 5.73 Å². The molecule has 0 amide bonds. The van der Waals surface area contributed by atoms with E-state index >= 15 is 0 Å². The van der Waals surface area contributed by atoms with Crippen molar-refractivity contribution < 1.29 is 0 Å². The lowest BCUT2D eigenvalue weighted by molar-refractivity contribution is 0.686. The maximum atomic E-state index is 6.62. The van der Waals surface area contributed by atoms with E-state index in [1.54, 1.807) is 0 Å². The minimum absolute atomic E-state index is 0.256. The van der Waals surface area contributed by atoms with Gasteiger partial charge in [-0.3, -0.25) is 0 Å². The minimum atomic E-state index is -0.256. The minimum Gasteiger partial charge on any atom is -0.322 e. The fourth-order valence-corrected chi connectivity index (χ4v) is 3.45. The van der Waals surface area contributed by atoms with Crippen molar-refractivity contribution in [2.75, 3.05) is 0 Å². The van der Waals surface area contributed by atoms with Crippen LogP contribution in [-0.2, 0) is 6.54 Å². The molecule has 0 saturated carbocycles. The number of nitrogens with zero attached hydrogens (tertiary/aromatic N) is 2. The third-order valence-corrected chi connectivity index (χ3v) is 4.95. The fourth-order valence-electron chi connectivity index (χ4n) is 3.45. The van der Waals surface area contributed by atoms with Crippen LogP contribution in [0.5, 0.6) is 0 Å². The summed E-state index contributed by atoms with van der Waals surface area (Å²) in [4.78, 5) is 4.88. The lowest BCUT2D eigenvalue weighted by atomic mass is 10.0. The summed E-state index contributed by atoms with van der Waals surface area (Å²) in [5.41, 5.74) is 13.7. The van der Waals surface area contributed by atoms with E-state index < -0.39 is 0 Å². The Morgan fingerprint density at radius 1 is 0.923 bits per heavy atom. The lowest BCUT2D eigenvalue weighted by Gasteiger charge is -2.16. The molecule has 0 spiro atoms. The molecule has 4 rings (SSSR count). The van der Waals surface area contributed by atoms with Crippen molar-refractivity contribution in [1.82, 2.24) is 9.55 Å². The molecule has 3 aromatic carbocycles. The van der Waals surface area contributed by atoms with E-state index in [9.17, 15) is 0 Å². The van der Waals surface area contributed by atoms with Crippen molar-refractivity contribution in [3.63, 3.8) is 0 Å². The largest absolute Gasteiger partial charge is 0.322 e. The van der Waals surface area contributed by atoms with Gasteiger partial charge in [-0.25, -0.2) is 4.98 Å². The number of aromatic nitrogens is 2. The Hall–Kier alpha value is -2.91. The van der Waals surface area contributed by atoms with E-state index in [0.717, 1.165) is 29.0 Å². The van der Waals surface area contributed by atoms with Crippen LogP contribution in [0, 0.1) is 13.8 Å². The number of rotatable bonds is 4. The van der Waals surface area contributed by atoms with Gasteiger partial charge in [-0.1, -0.05) is 66.2 Å². The summed E-state index contributed by atoms with van der Waals surface area (Å²) in [6.07, 6.45) is 0. The number of hydrogen-bond acceptors (Lipinski definition) is 2. The number of hydrogen-bond donors (Lipinski definition) is 1. The standard InChI is InChI=1S/C23H23N3/c1-16-12-13-17(2)19(14-16)15-26-21-11-7-6-10-20(21)25-23(26)22(24)18-8-4-3-5-9-18/h3-14,22H,15,24H2,1-2H3. The summed E-state index contributed by atoms with van der Waals surface area (Å²) >= 11 is 0. The smallest absolute Gasteiger partial charge is 0.131 e. The first-order valence-corrected chi connectivity index (χ1v) is 8.95. The number of fused-ring (bicyclic) bond motifs is 1. The molecule has 1 heterocycles. The number of nitrogens with two attached hydrogens (primary N) is 1. The van der Waals surface area contributed by atoms with E-state index in [1.165, 1.54) is 16.7 Å². The van der Waals surface area contributed by atoms with Crippen LogP contribution in [0.15, 0.2) is 72.8 Å². The van der Waals surface area contributed by atoms with Gasteiger partial charge in [-0.2, -0.15) is 0 Å². The average Bonchev–Trinajstić information content (AvgIpc) is 3.03. The van der Waals surface area contributed by atoms with Crippen LogP contribution in [-0.4, -0.2) is 9.55 Å². The summed E-state index contributed by atoms with van der Waals surface area (Å²) < 4.78 is 2.26. The maximum Gasteiger partial charge on any atom is 0.131 e. The van der Waals surface area contributed by atoms with Gasteiger partial charge in [0.1, 0.15) is 5.82 Å². The predicted octanol–water partition coefficient (Wildman–Crippen LogP) is 4.75. The van der Waals surface area contributed by atoms with Crippen LogP contribution in [0.1, 0.15) is 34.1 Å². The predicted molar refractivity (Wildman–Crippen MR) is 107 cm³/mol. The number of imidazole rings is 1. The Morgan fingerprint density at radius 3 is 2.46 bits per heavy atom. The van der Waals surface area contributed by atoms with E-state index in [4.69, 9.17) is 10.7 Å². The summed E-state index contributed by atoms with van der Waals surface area (Å²) in [6.45, 7) is 5.06. The van der Waals surface area contributed by atoms with Crippen molar-refractivity contribution in [3.8, 4) is 0 Å². The maximum absolute atomic E-state index is 6.62. The van der Waals surface area contributed by atoms with Gasteiger partial charge in [-0.15, -0.1) is 0 Å². The highest BCUT2D eigenvalue weighted by Gasteiger charge is 2.19. The highest BCUT2D eigenvalue weighted by atomic mass is 15.1. The van der Waals surface area contributed by atoms with Gasteiger partial charge in [-0.05, 0) is 42.7 Å². The molecule has 3 nitrogen and oxygen atoms in total. The molecule has 26 heavy (non-hydrogen) atoms. The fraction of sp³-hybridized carbons (Fsp3) is 0.174. The van der Waals surface area contributed by atoms with Gasteiger partial charge in [0, 0.05) is 6.54 Å². The van der Waals surface area contributed by atoms with Gasteiger partial charge < -0.3 is 10.3 Å². The Kier molecular flexibility index (Phi) is 4.31. The van der Waals surface area contributed by atoms with E-state index in [1.807, 2.05) is 24.3 Å². The Morgan fingerprint density at radius 2 is 1.65 bits per heavy atom. The molecule has 0 aliphatic carbocycles. The molecular weight excluding hydrogens is 318 g/mol. The van der Waals surface area contributed by atoms with Gasteiger partial charge in [0.25, 0.3) is 0 Å². The monoisotopic (exact) mass is 341 g/mol. The number of para-hydroxylation sites is 2. The molecule has 0 aliphatic rings. The molecular formula is C23H23N3. The van der Waals surface area contributed by atoms with Crippen LogP contribution in [0.3, 0.4) is 0 Å². The van der Waals surface area contributed by atoms with Crippen molar-refractivity contribution in [1.29, 1.82) is 0 Å². The van der Waals surface area contributed by atoms with Gasteiger partial charge in [0.15, 0.2) is 0 Å². The summed E-state index contributed by atoms with van der Waals surface area (Å²) in [6, 6.07) is 24.8. The molecule has 1 unspecified atom stereocenters. The van der Waals surface area contributed by atoms with Crippen molar-refractivity contribution >= 4 is 11.0 Å². The second-order valence-electron chi connectivity index (χ2n) is 6.86. The first-order valence-electron chi connectivity index (χ1n) is 8.95. The quantitative estimate of drug-likeness (QED) is 0.582. The molecule has 3 heteroatoms. The zero-order valence-electron chi connectivity index (χ0n) is 15.2. The topological polar surface area (TPSA) is 43.8 Å². The molecule has 1 aromatic heterocycles. The number of aryl methyl sites for hydroxylation is 2. The van der Waals surface area contributed by atoms with E-state index in [-0.39, 0.29) is 6.04 Å². The Bertz CT molecular complexity index is 1050. The molecule has 0 radical (unpaired) electrons. The van der Waals surface area contributed by atoms with Gasteiger partial charge in [0.2, 0.25) is 0 Å². The molecule has 0 bridgehead atoms. The summed E-state index contributed by atoms with van der Waals surface area (Å²) in [7, 11) is 0. The molecule has 2 N–H and O–H groups in total. The second-order valence-corrected chi connectivity index (χ2v) is 6.86. The Labute approximate surface area is 154 Å². The second kappa shape index (κ2) is 6.77. The molecule has 4 aromatic rings. The van der Waals surface area contributed by atoms with E-state index in [0.29, 0.717) is 0 Å². The molecule has 1 atom stereocenters. The molecule has 0 saturated heterocycles.